The maximum Gasteiger partial charge on any atom is 0.338 e. The molecule has 0 aromatic heterocycles. The van der Waals surface area contributed by atoms with E-state index >= 15 is 0 Å². The van der Waals surface area contributed by atoms with Crippen molar-refractivity contribution in [1.29, 1.82) is 0 Å². The fourth-order valence-corrected chi connectivity index (χ4v) is 3.22. The van der Waals surface area contributed by atoms with Crippen molar-refractivity contribution in [2.75, 3.05) is 19.6 Å². The lowest BCUT2D eigenvalue weighted by Crippen LogP contribution is -2.37. The lowest BCUT2D eigenvalue weighted by molar-refractivity contribution is 0.198. The zero-order valence-electron chi connectivity index (χ0n) is 11.6. The SMILES string of the molecule is O=C([N]CCCC1CCCC1)N1CCCCCC1. The average molecular weight is 251 g/mol. The first-order valence-corrected chi connectivity index (χ1v) is 7.82. The van der Waals surface area contributed by atoms with Gasteiger partial charge in [-0.1, -0.05) is 38.5 Å². The van der Waals surface area contributed by atoms with Gasteiger partial charge in [-0.3, -0.25) is 0 Å². The molecule has 1 saturated heterocycles. The first-order chi connectivity index (χ1) is 8.86. The third-order valence-electron chi connectivity index (χ3n) is 4.37. The molecule has 1 saturated carbocycles. The Morgan fingerprint density at radius 3 is 2.33 bits per heavy atom. The van der Waals surface area contributed by atoms with Crippen molar-refractivity contribution in [3.63, 3.8) is 0 Å². The van der Waals surface area contributed by atoms with E-state index in [9.17, 15) is 4.79 Å². The minimum Gasteiger partial charge on any atom is -0.323 e. The number of likely N-dealkylation sites (tertiary alicyclic amines) is 1. The van der Waals surface area contributed by atoms with E-state index in [0.717, 1.165) is 44.8 Å². The second-order valence-electron chi connectivity index (χ2n) is 5.86. The molecular formula is C15H27N2O. The Morgan fingerprint density at radius 2 is 1.67 bits per heavy atom. The topological polar surface area (TPSA) is 34.4 Å². The van der Waals surface area contributed by atoms with E-state index in [1.165, 1.54) is 44.9 Å². The molecule has 1 aliphatic carbocycles. The maximum atomic E-state index is 11.9. The van der Waals surface area contributed by atoms with Gasteiger partial charge in [0.05, 0.1) is 0 Å². The molecular weight excluding hydrogens is 224 g/mol. The highest BCUT2D eigenvalue weighted by atomic mass is 16.2. The van der Waals surface area contributed by atoms with Crippen molar-refractivity contribution in [2.45, 2.75) is 64.2 Å². The monoisotopic (exact) mass is 251 g/mol. The zero-order chi connectivity index (χ0) is 12.6. The largest absolute Gasteiger partial charge is 0.338 e. The van der Waals surface area contributed by atoms with E-state index in [0.29, 0.717) is 0 Å². The number of hydrogen-bond donors (Lipinski definition) is 0. The summed E-state index contributed by atoms with van der Waals surface area (Å²) in [4.78, 5) is 13.9. The first-order valence-electron chi connectivity index (χ1n) is 7.82. The number of carbonyl (C=O) groups is 1. The molecule has 0 unspecified atom stereocenters. The minimum atomic E-state index is 0.0447. The number of rotatable bonds is 4. The Balaban J connectivity index is 1.55. The molecule has 0 bridgehead atoms. The van der Waals surface area contributed by atoms with Crippen molar-refractivity contribution in [3.8, 4) is 0 Å². The van der Waals surface area contributed by atoms with Gasteiger partial charge in [0.25, 0.3) is 0 Å². The molecule has 2 rings (SSSR count). The van der Waals surface area contributed by atoms with Crippen LogP contribution < -0.4 is 5.32 Å². The molecule has 2 amide bonds. The summed E-state index contributed by atoms with van der Waals surface area (Å²) in [6, 6.07) is 0.0447. The van der Waals surface area contributed by atoms with E-state index in [1.807, 2.05) is 4.90 Å². The lowest BCUT2D eigenvalue weighted by Gasteiger charge is -2.19. The van der Waals surface area contributed by atoms with Gasteiger partial charge in [0, 0.05) is 19.6 Å². The van der Waals surface area contributed by atoms with Crippen LogP contribution >= 0.6 is 0 Å². The molecule has 103 valence electrons. The van der Waals surface area contributed by atoms with Crippen LogP contribution in [-0.4, -0.2) is 30.6 Å². The fraction of sp³-hybridized carbons (Fsp3) is 0.933. The summed E-state index contributed by atoms with van der Waals surface area (Å²) in [6.45, 7) is 2.59. The van der Waals surface area contributed by atoms with Gasteiger partial charge in [0.2, 0.25) is 0 Å². The third kappa shape index (κ3) is 4.51. The van der Waals surface area contributed by atoms with Gasteiger partial charge in [-0.15, -0.1) is 0 Å². The van der Waals surface area contributed by atoms with Crippen LogP contribution in [0.4, 0.5) is 4.79 Å². The molecule has 0 aromatic rings. The third-order valence-corrected chi connectivity index (χ3v) is 4.37. The normalized spacial score (nSPS) is 21.9. The Morgan fingerprint density at radius 1 is 1.00 bits per heavy atom. The zero-order valence-corrected chi connectivity index (χ0v) is 11.6. The van der Waals surface area contributed by atoms with Crippen LogP contribution in [0.3, 0.4) is 0 Å². The van der Waals surface area contributed by atoms with Gasteiger partial charge >= 0.3 is 6.03 Å². The van der Waals surface area contributed by atoms with Gasteiger partial charge in [0.15, 0.2) is 0 Å². The molecule has 3 heteroatoms. The first kappa shape index (κ1) is 13.7. The molecule has 0 atom stereocenters. The Hall–Kier alpha value is -0.730. The molecule has 2 fully saturated rings. The summed E-state index contributed by atoms with van der Waals surface area (Å²) in [7, 11) is 0. The second kappa shape index (κ2) is 7.65. The van der Waals surface area contributed by atoms with Crippen LogP contribution in [-0.2, 0) is 0 Å². The van der Waals surface area contributed by atoms with Gasteiger partial charge in [-0.05, 0) is 31.6 Å². The summed E-state index contributed by atoms with van der Waals surface area (Å²) in [5.74, 6) is 0.925. The Bertz CT molecular complexity index is 241. The average Bonchev–Trinajstić information content (AvgIpc) is 2.74. The quantitative estimate of drug-likeness (QED) is 0.703. The van der Waals surface area contributed by atoms with Gasteiger partial charge in [-0.2, -0.15) is 0 Å². The molecule has 3 nitrogen and oxygen atoms in total. The smallest absolute Gasteiger partial charge is 0.323 e. The highest BCUT2D eigenvalue weighted by molar-refractivity contribution is 5.73. The van der Waals surface area contributed by atoms with Crippen LogP contribution in [0.1, 0.15) is 64.2 Å². The Kier molecular flexibility index (Phi) is 5.82. The summed E-state index contributed by atoms with van der Waals surface area (Å²) in [6.07, 6.45) is 12.9. The van der Waals surface area contributed by atoms with Crippen molar-refractivity contribution in [3.05, 3.63) is 0 Å². The number of carbonyl (C=O) groups excluding carboxylic acids is 1. The molecule has 1 aliphatic heterocycles. The van der Waals surface area contributed by atoms with E-state index in [4.69, 9.17) is 0 Å². The van der Waals surface area contributed by atoms with E-state index in [2.05, 4.69) is 5.32 Å². The highest BCUT2D eigenvalue weighted by Gasteiger charge is 2.17. The maximum absolute atomic E-state index is 11.9. The molecule has 0 N–H and O–H groups in total. The summed E-state index contributed by atoms with van der Waals surface area (Å²) in [5.41, 5.74) is 0. The number of nitrogens with zero attached hydrogens (tertiary/aromatic N) is 2. The summed E-state index contributed by atoms with van der Waals surface area (Å²) >= 11 is 0. The molecule has 1 heterocycles. The summed E-state index contributed by atoms with van der Waals surface area (Å²) < 4.78 is 0. The fourth-order valence-electron chi connectivity index (χ4n) is 3.22. The van der Waals surface area contributed by atoms with Gasteiger partial charge < -0.3 is 4.90 Å². The van der Waals surface area contributed by atoms with Crippen LogP contribution in [0.5, 0.6) is 0 Å². The predicted molar refractivity (Wildman–Crippen MR) is 73.6 cm³/mol. The van der Waals surface area contributed by atoms with E-state index in [1.54, 1.807) is 0 Å². The van der Waals surface area contributed by atoms with Crippen LogP contribution in [0.25, 0.3) is 0 Å². The molecule has 0 aromatic carbocycles. The highest BCUT2D eigenvalue weighted by Crippen LogP contribution is 2.28. The van der Waals surface area contributed by atoms with Gasteiger partial charge in [-0.25, -0.2) is 10.1 Å². The van der Waals surface area contributed by atoms with Crippen molar-refractivity contribution in [2.24, 2.45) is 5.92 Å². The number of urea groups is 1. The second-order valence-corrected chi connectivity index (χ2v) is 5.86. The van der Waals surface area contributed by atoms with Crippen molar-refractivity contribution < 1.29 is 4.79 Å². The molecule has 1 radical (unpaired) electrons. The van der Waals surface area contributed by atoms with E-state index in [-0.39, 0.29) is 6.03 Å². The standard InChI is InChI=1S/C15H27N2O/c18-15(17-12-5-1-2-6-13-17)16-11-7-10-14-8-3-4-9-14/h14H,1-13H2. The molecule has 18 heavy (non-hydrogen) atoms. The predicted octanol–water partition coefficient (Wildman–Crippen LogP) is 3.56. The number of amides is 2. The summed E-state index contributed by atoms with van der Waals surface area (Å²) in [5, 5.41) is 4.24. The lowest BCUT2D eigenvalue weighted by atomic mass is 10.0. The van der Waals surface area contributed by atoms with Crippen LogP contribution in [0, 0.1) is 5.92 Å². The van der Waals surface area contributed by atoms with Crippen molar-refractivity contribution in [1.82, 2.24) is 10.2 Å². The molecule has 2 aliphatic rings. The Labute approximate surface area is 111 Å². The van der Waals surface area contributed by atoms with Gasteiger partial charge in [0.1, 0.15) is 0 Å². The van der Waals surface area contributed by atoms with Crippen molar-refractivity contribution >= 4 is 6.03 Å². The molecule has 0 spiro atoms. The van der Waals surface area contributed by atoms with Crippen LogP contribution in [0.2, 0.25) is 0 Å². The minimum absolute atomic E-state index is 0.0447. The number of hydrogen-bond acceptors (Lipinski definition) is 1. The van der Waals surface area contributed by atoms with Crippen LogP contribution in [0.15, 0.2) is 0 Å². The van der Waals surface area contributed by atoms with E-state index < -0.39 is 0 Å².